The zero-order valence-electron chi connectivity index (χ0n) is 10.9. The van der Waals surface area contributed by atoms with Crippen LogP contribution in [0, 0.1) is 0 Å². The molecule has 2 aromatic rings. The molecule has 2 nitrogen and oxygen atoms in total. The fraction of sp³-hybridized carbons (Fsp3) is 0.133. The summed E-state index contributed by atoms with van der Waals surface area (Å²) in [6, 6.07) is 5.57. The molecule has 3 rings (SSSR count). The summed E-state index contributed by atoms with van der Waals surface area (Å²) in [5, 5.41) is 4.31. The van der Waals surface area contributed by atoms with Crippen molar-refractivity contribution in [2.24, 2.45) is 0 Å². The van der Waals surface area contributed by atoms with Gasteiger partial charge in [0.1, 0.15) is 0 Å². The fourth-order valence-electron chi connectivity index (χ4n) is 2.61. The molecule has 0 aliphatic heterocycles. The van der Waals surface area contributed by atoms with Crippen molar-refractivity contribution in [2.45, 2.75) is 13.3 Å². The van der Waals surface area contributed by atoms with Crippen LogP contribution in [0.25, 0.3) is 11.1 Å². The number of carbonyl (C=O) groups excluding carboxylic acids is 1. The van der Waals surface area contributed by atoms with Gasteiger partial charge >= 0.3 is 0 Å². The molecule has 0 bridgehead atoms. The zero-order chi connectivity index (χ0) is 15.3. The van der Waals surface area contributed by atoms with Gasteiger partial charge in [-0.25, -0.2) is 0 Å². The number of halogens is 4. The molecule has 0 saturated heterocycles. The Kier molecular flexibility index (Phi) is 3.83. The van der Waals surface area contributed by atoms with Crippen molar-refractivity contribution >= 4 is 58.0 Å². The highest BCUT2D eigenvalue weighted by Gasteiger charge is 2.29. The molecule has 1 amide bonds. The zero-order valence-corrected chi connectivity index (χ0v) is 13.9. The molecule has 0 saturated carbocycles. The van der Waals surface area contributed by atoms with Crippen LogP contribution >= 0.6 is 46.4 Å². The SMILES string of the molecule is CC(=O)Nc1c(Cl)c(Cl)c(Cl)c2c1-c1ccc(Cl)cc1C2. The Hall–Kier alpha value is -0.930. The van der Waals surface area contributed by atoms with Gasteiger partial charge in [-0.1, -0.05) is 52.5 Å². The first-order valence-corrected chi connectivity index (χ1v) is 7.67. The largest absolute Gasteiger partial charge is 0.324 e. The number of nitrogens with one attached hydrogen (secondary N) is 1. The van der Waals surface area contributed by atoms with E-state index < -0.39 is 0 Å². The summed E-state index contributed by atoms with van der Waals surface area (Å²) in [5.74, 6) is -0.222. The van der Waals surface area contributed by atoms with Crippen LogP contribution in [0.5, 0.6) is 0 Å². The molecule has 1 aliphatic carbocycles. The van der Waals surface area contributed by atoms with E-state index in [0.717, 1.165) is 22.3 Å². The normalized spacial score (nSPS) is 12.0. The molecule has 0 heterocycles. The van der Waals surface area contributed by atoms with Crippen LogP contribution in [-0.2, 0) is 11.2 Å². The Labute approximate surface area is 142 Å². The number of anilines is 1. The number of carbonyl (C=O) groups is 1. The van der Waals surface area contributed by atoms with Crippen LogP contribution in [0.4, 0.5) is 5.69 Å². The van der Waals surface area contributed by atoms with Gasteiger partial charge in [0, 0.05) is 23.9 Å². The number of rotatable bonds is 1. The molecule has 0 fully saturated rings. The third-order valence-electron chi connectivity index (χ3n) is 3.43. The molecule has 0 unspecified atom stereocenters. The van der Waals surface area contributed by atoms with E-state index in [9.17, 15) is 4.79 Å². The summed E-state index contributed by atoms with van der Waals surface area (Å²) >= 11 is 24.8. The molecule has 6 heteroatoms. The predicted molar refractivity (Wildman–Crippen MR) is 89.0 cm³/mol. The summed E-state index contributed by atoms with van der Waals surface area (Å²) in [5.41, 5.74) is 4.15. The first-order chi connectivity index (χ1) is 9.90. The first kappa shape index (κ1) is 15.0. The standard InChI is InChI=1S/C15H9Cl4NO/c1-6(21)20-15-11-9-3-2-8(16)4-7(9)5-10(11)12(17)13(18)14(15)19/h2-4H,5H2,1H3,(H,20,21). The minimum absolute atomic E-state index is 0.222. The highest BCUT2D eigenvalue weighted by atomic mass is 35.5. The van der Waals surface area contributed by atoms with Gasteiger partial charge in [-0.05, 0) is 28.8 Å². The lowest BCUT2D eigenvalue weighted by Gasteiger charge is -2.15. The van der Waals surface area contributed by atoms with Gasteiger partial charge in [0.2, 0.25) is 5.91 Å². The smallest absolute Gasteiger partial charge is 0.221 e. The Morgan fingerprint density at radius 1 is 1.10 bits per heavy atom. The van der Waals surface area contributed by atoms with Crippen molar-refractivity contribution < 1.29 is 4.79 Å². The van der Waals surface area contributed by atoms with E-state index in [1.54, 1.807) is 6.07 Å². The molecule has 1 aliphatic rings. The van der Waals surface area contributed by atoms with Crippen molar-refractivity contribution in [1.82, 2.24) is 0 Å². The second-order valence-corrected chi connectivity index (χ2v) is 6.40. The van der Waals surface area contributed by atoms with E-state index in [0.29, 0.717) is 22.2 Å². The Morgan fingerprint density at radius 2 is 1.81 bits per heavy atom. The van der Waals surface area contributed by atoms with E-state index in [2.05, 4.69) is 5.32 Å². The number of benzene rings is 2. The maximum atomic E-state index is 11.5. The summed E-state index contributed by atoms with van der Waals surface area (Å²) in [6.07, 6.45) is 0.605. The van der Waals surface area contributed by atoms with Crippen molar-refractivity contribution in [3.63, 3.8) is 0 Å². The molecule has 0 radical (unpaired) electrons. The third kappa shape index (κ3) is 2.40. The minimum Gasteiger partial charge on any atom is -0.324 e. The lowest BCUT2D eigenvalue weighted by atomic mass is 10.0. The molecule has 0 aromatic heterocycles. The van der Waals surface area contributed by atoms with E-state index in [1.165, 1.54) is 6.92 Å². The molecule has 0 atom stereocenters. The summed E-state index contributed by atoms with van der Waals surface area (Å²) in [6.45, 7) is 1.42. The monoisotopic (exact) mass is 359 g/mol. The second-order valence-electron chi connectivity index (χ2n) is 4.83. The number of fused-ring (bicyclic) bond motifs is 3. The van der Waals surface area contributed by atoms with Gasteiger partial charge in [-0.2, -0.15) is 0 Å². The van der Waals surface area contributed by atoms with Crippen LogP contribution in [0.1, 0.15) is 18.1 Å². The molecule has 0 spiro atoms. The van der Waals surface area contributed by atoms with Crippen molar-refractivity contribution in [3.05, 3.63) is 49.4 Å². The lowest BCUT2D eigenvalue weighted by molar-refractivity contribution is -0.114. The molecule has 2 aromatic carbocycles. The number of amides is 1. The maximum absolute atomic E-state index is 11.5. The predicted octanol–water partition coefficient (Wildman–Crippen LogP) is 5.83. The van der Waals surface area contributed by atoms with E-state index in [1.807, 2.05) is 12.1 Å². The van der Waals surface area contributed by atoms with Crippen molar-refractivity contribution in [1.29, 1.82) is 0 Å². The fourth-order valence-corrected chi connectivity index (χ4v) is 3.55. The Bertz CT molecular complexity index is 786. The van der Waals surface area contributed by atoms with Crippen LogP contribution in [0.3, 0.4) is 0 Å². The van der Waals surface area contributed by atoms with Gasteiger partial charge in [0.25, 0.3) is 0 Å². The van der Waals surface area contributed by atoms with E-state index in [4.69, 9.17) is 46.4 Å². The number of hydrogen-bond acceptors (Lipinski definition) is 1. The van der Waals surface area contributed by atoms with Gasteiger partial charge in [-0.3, -0.25) is 4.79 Å². The van der Waals surface area contributed by atoms with Gasteiger partial charge in [-0.15, -0.1) is 0 Å². The Morgan fingerprint density at radius 3 is 2.48 bits per heavy atom. The van der Waals surface area contributed by atoms with Crippen LogP contribution in [-0.4, -0.2) is 5.91 Å². The quantitative estimate of drug-likeness (QED) is 0.543. The summed E-state index contributed by atoms with van der Waals surface area (Å²) in [4.78, 5) is 11.5. The topological polar surface area (TPSA) is 29.1 Å². The maximum Gasteiger partial charge on any atom is 0.221 e. The highest BCUT2D eigenvalue weighted by molar-refractivity contribution is 6.50. The van der Waals surface area contributed by atoms with Gasteiger partial charge < -0.3 is 5.32 Å². The highest BCUT2D eigenvalue weighted by Crippen LogP contribution is 2.51. The van der Waals surface area contributed by atoms with Crippen LogP contribution < -0.4 is 5.32 Å². The molecular formula is C15H9Cl4NO. The van der Waals surface area contributed by atoms with Crippen LogP contribution in [0.2, 0.25) is 20.1 Å². The van der Waals surface area contributed by atoms with Crippen LogP contribution in [0.15, 0.2) is 18.2 Å². The van der Waals surface area contributed by atoms with E-state index >= 15 is 0 Å². The molecule has 1 N–H and O–H groups in total. The molecule has 21 heavy (non-hydrogen) atoms. The molecule has 108 valence electrons. The number of hydrogen-bond donors (Lipinski definition) is 1. The second kappa shape index (κ2) is 5.36. The average molecular weight is 361 g/mol. The van der Waals surface area contributed by atoms with Crippen molar-refractivity contribution in [2.75, 3.05) is 5.32 Å². The van der Waals surface area contributed by atoms with E-state index in [-0.39, 0.29) is 16.0 Å². The lowest BCUT2D eigenvalue weighted by Crippen LogP contribution is -2.08. The Balaban J connectivity index is 2.34. The third-order valence-corrected chi connectivity index (χ3v) is 5.03. The first-order valence-electron chi connectivity index (χ1n) is 6.16. The van der Waals surface area contributed by atoms with Gasteiger partial charge in [0.05, 0.1) is 20.8 Å². The summed E-state index contributed by atoms with van der Waals surface area (Å²) in [7, 11) is 0. The molecular weight excluding hydrogens is 352 g/mol. The van der Waals surface area contributed by atoms with Crippen molar-refractivity contribution in [3.8, 4) is 11.1 Å². The van der Waals surface area contributed by atoms with Gasteiger partial charge in [0.15, 0.2) is 0 Å². The minimum atomic E-state index is -0.222. The average Bonchev–Trinajstić information content (AvgIpc) is 2.79. The summed E-state index contributed by atoms with van der Waals surface area (Å²) < 4.78 is 0.